The first kappa shape index (κ1) is 8.97. The van der Waals surface area contributed by atoms with Crippen LogP contribution in [-0.2, 0) is 4.79 Å². The first-order valence-corrected chi connectivity index (χ1v) is 4.35. The standard InChI is InChI=1S/C10H6ClNO2/c11-7-3-4-9-8(6-7)12-10(14-9)2-1-5-13/h1-6H/b2-1+. The minimum absolute atomic E-state index is 0.398. The highest BCUT2D eigenvalue weighted by molar-refractivity contribution is 6.31. The third kappa shape index (κ3) is 1.67. The van der Waals surface area contributed by atoms with Gasteiger partial charge in [0.1, 0.15) is 11.8 Å². The number of fused-ring (bicyclic) bond motifs is 1. The summed E-state index contributed by atoms with van der Waals surface area (Å²) in [5.74, 6) is 0.398. The molecule has 0 spiro atoms. The van der Waals surface area contributed by atoms with Crippen LogP contribution in [0.25, 0.3) is 17.2 Å². The second-order valence-electron chi connectivity index (χ2n) is 2.66. The van der Waals surface area contributed by atoms with Crippen molar-refractivity contribution in [1.82, 2.24) is 4.98 Å². The Bertz CT molecular complexity index is 502. The number of halogens is 1. The number of carbonyl (C=O) groups is 1. The van der Waals surface area contributed by atoms with E-state index in [1.165, 1.54) is 12.2 Å². The lowest BCUT2D eigenvalue weighted by atomic mass is 10.3. The van der Waals surface area contributed by atoms with Gasteiger partial charge in [-0.1, -0.05) is 11.6 Å². The molecule has 1 heterocycles. The third-order valence-corrected chi connectivity index (χ3v) is 1.92. The van der Waals surface area contributed by atoms with Crippen molar-refractivity contribution in [3.63, 3.8) is 0 Å². The lowest BCUT2D eigenvalue weighted by Crippen LogP contribution is -1.69. The van der Waals surface area contributed by atoms with Gasteiger partial charge in [-0.3, -0.25) is 4.79 Å². The van der Waals surface area contributed by atoms with E-state index in [1.54, 1.807) is 18.2 Å². The zero-order valence-electron chi connectivity index (χ0n) is 7.11. The van der Waals surface area contributed by atoms with Crippen LogP contribution in [0.2, 0.25) is 5.02 Å². The van der Waals surface area contributed by atoms with Gasteiger partial charge in [-0.05, 0) is 24.3 Å². The van der Waals surface area contributed by atoms with E-state index in [9.17, 15) is 4.79 Å². The summed E-state index contributed by atoms with van der Waals surface area (Å²) in [5, 5.41) is 0.608. The summed E-state index contributed by atoms with van der Waals surface area (Å²) in [5.41, 5.74) is 1.34. The summed E-state index contributed by atoms with van der Waals surface area (Å²) < 4.78 is 5.31. The molecule has 14 heavy (non-hydrogen) atoms. The predicted molar refractivity (Wildman–Crippen MR) is 54.1 cm³/mol. The van der Waals surface area contributed by atoms with Crippen LogP contribution < -0.4 is 0 Å². The molecule has 1 aromatic carbocycles. The first-order valence-electron chi connectivity index (χ1n) is 3.97. The number of hydrogen-bond acceptors (Lipinski definition) is 3. The largest absolute Gasteiger partial charge is 0.437 e. The fraction of sp³-hybridized carbons (Fsp3) is 0. The van der Waals surface area contributed by atoms with Crippen molar-refractivity contribution in [1.29, 1.82) is 0 Å². The van der Waals surface area contributed by atoms with Gasteiger partial charge in [0.05, 0.1) is 0 Å². The highest BCUT2D eigenvalue weighted by Crippen LogP contribution is 2.20. The van der Waals surface area contributed by atoms with Crippen molar-refractivity contribution >= 4 is 35.1 Å². The maximum atomic E-state index is 10.1. The minimum Gasteiger partial charge on any atom is -0.437 e. The number of allylic oxidation sites excluding steroid dienone is 1. The summed E-state index contributed by atoms with van der Waals surface area (Å²) >= 11 is 5.78. The average Bonchev–Trinajstić information content (AvgIpc) is 2.56. The fourth-order valence-corrected chi connectivity index (χ4v) is 1.28. The molecule has 4 heteroatoms. The number of carbonyl (C=O) groups excluding carboxylic acids is 1. The SMILES string of the molecule is O=C/C=C/c1nc2cc(Cl)ccc2o1. The number of aldehydes is 1. The van der Waals surface area contributed by atoms with Gasteiger partial charge in [-0.25, -0.2) is 4.98 Å². The molecule has 0 saturated carbocycles. The Morgan fingerprint density at radius 1 is 1.43 bits per heavy atom. The van der Waals surface area contributed by atoms with E-state index in [-0.39, 0.29) is 0 Å². The van der Waals surface area contributed by atoms with Crippen LogP contribution in [0.1, 0.15) is 5.89 Å². The second kappa shape index (κ2) is 3.64. The Morgan fingerprint density at radius 2 is 2.29 bits per heavy atom. The number of oxazole rings is 1. The molecule has 0 saturated heterocycles. The molecule has 0 amide bonds. The van der Waals surface area contributed by atoms with E-state index >= 15 is 0 Å². The maximum Gasteiger partial charge on any atom is 0.220 e. The van der Waals surface area contributed by atoms with Gasteiger partial charge in [0.25, 0.3) is 0 Å². The number of nitrogens with zero attached hydrogens (tertiary/aromatic N) is 1. The van der Waals surface area contributed by atoms with Gasteiger partial charge in [-0.2, -0.15) is 0 Å². The van der Waals surface area contributed by atoms with Gasteiger partial charge in [0, 0.05) is 11.1 Å². The monoisotopic (exact) mass is 207 g/mol. The van der Waals surface area contributed by atoms with E-state index in [0.717, 1.165) is 0 Å². The molecule has 3 nitrogen and oxygen atoms in total. The highest BCUT2D eigenvalue weighted by atomic mass is 35.5. The molecule has 1 aromatic heterocycles. The van der Waals surface area contributed by atoms with Crippen LogP contribution in [0.5, 0.6) is 0 Å². The molecular weight excluding hydrogens is 202 g/mol. The maximum absolute atomic E-state index is 10.1. The molecule has 0 bridgehead atoms. The molecule has 70 valence electrons. The van der Waals surface area contributed by atoms with Gasteiger partial charge in [0.2, 0.25) is 5.89 Å². The van der Waals surface area contributed by atoms with Gasteiger partial charge < -0.3 is 4.42 Å². The lowest BCUT2D eigenvalue weighted by molar-refractivity contribution is -0.104. The van der Waals surface area contributed by atoms with Gasteiger partial charge >= 0.3 is 0 Å². The summed E-state index contributed by atoms with van der Waals surface area (Å²) in [4.78, 5) is 14.2. The highest BCUT2D eigenvalue weighted by Gasteiger charge is 2.02. The number of hydrogen-bond donors (Lipinski definition) is 0. The molecule has 0 aliphatic rings. The number of aromatic nitrogens is 1. The van der Waals surface area contributed by atoms with E-state index in [1.807, 2.05) is 0 Å². The smallest absolute Gasteiger partial charge is 0.220 e. The molecule has 0 N–H and O–H groups in total. The summed E-state index contributed by atoms with van der Waals surface area (Å²) in [7, 11) is 0. The zero-order chi connectivity index (χ0) is 9.97. The van der Waals surface area contributed by atoms with Crippen LogP contribution >= 0.6 is 11.6 Å². The van der Waals surface area contributed by atoms with Crippen molar-refractivity contribution in [2.24, 2.45) is 0 Å². The van der Waals surface area contributed by atoms with E-state index in [0.29, 0.717) is 28.3 Å². The number of benzene rings is 1. The molecule has 0 unspecified atom stereocenters. The Labute approximate surface area is 85.0 Å². The van der Waals surface area contributed by atoms with Gasteiger partial charge in [0.15, 0.2) is 5.58 Å². The van der Waals surface area contributed by atoms with Crippen molar-refractivity contribution in [3.8, 4) is 0 Å². The third-order valence-electron chi connectivity index (χ3n) is 1.68. The lowest BCUT2D eigenvalue weighted by Gasteiger charge is -1.85. The Hall–Kier alpha value is -1.61. The van der Waals surface area contributed by atoms with Crippen LogP contribution in [-0.4, -0.2) is 11.3 Å². The topological polar surface area (TPSA) is 43.1 Å². The molecule has 0 aliphatic heterocycles. The van der Waals surface area contributed by atoms with E-state index < -0.39 is 0 Å². The van der Waals surface area contributed by atoms with E-state index in [2.05, 4.69) is 4.98 Å². The van der Waals surface area contributed by atoms with Gasteiger partial charge in [-0.15, -0.1) is 0 Å². The molecule has 0 aliphatic carbocycles. The normalized spacial score (nSPS) is 11.2. The van der Waals surface area contributed by atoms with Crippen LogP contribution in [0.4, 0.5) is 0 Å². The van der Waals surface area contributed by atoms with Crippen LogP contribution in [0, 0.1) is 0 Å². The zero-order valence-corrected chi connectivity index (χ0v) is 7.86. The molecule has 2 rings (SSSR count). The molecule has 0 atom stereocenters. The Balaban J connectivity index is 2.51. The minimum atomic E-state index is 0.398. The Morgan fingerprint density at radius 3 is 3.07 bits per heavy atom. The summed E-state index contributed by atoms with van der Waals surface area (Å²) in [6.45, 7) is 0. The van der Waals surface area contributed by atoms with Crippen molar-refractivity contribution < 1.29 is 9.21 Å². The van der Waals surface area contributed by atoms with Crippen molar-refractivity contribution in [3.05, 3.63) is 35.2 Å². The Kier molecular flexibility index (Phi) is 2.33. The number of rotatable bonds is 2. The quantitative estimate of drug-likeness (QED) is 0.562. The van der Waals surface area contributed by atoms with Crippen LogP contribution in [0.3, 0.4) is 0 Å². The fourth-order valence-electron chi connectivity index (χ4n) is 1.11. The van der Waals surface area contributed by atoms with E-state index in [4.69, 9.17) is 16.0 Å². The average molecular weight is 208 g/mol. The second-order valence-corrected chi connectivity index (χ2v) is 3.10. The van der Waals surface area contributed by atoms with Crippen molar-refractivity contribution in [2.45, 2.75) is 0 Å². The molecule has 0 fully saturated rings. The van der Waals surface area contributed by atoms with Crippen molar-refractivity contribution in [2.75, 3.05) is 0 Å². The molecule has 2 aromatic rings. The molecule has 0 radical (unpaired) electrons. The predicted octanol–water partition coefficient (Wildman–Crippen LogP) is 2.69. The summed E-state index contributed by atoms with van der Waals surface area (Å²) in [6.07, 6.45) is 3.50. The van der Waals surface area contributed by atoms with Crippen LogP contribution in [0.15, 0.2) is 28.7 Å². The molecular formula is C10H6ClNO2. The first-order chi connectivity index (χ1) is 6.79. The summed E-state index contributed by atoms with van der Waals surface area (Å²) in [6, 6.07) is 5.17.